The summed E-state index contributed by atoms with van der Waals surface area (Å²) in [5, 5.41) is 3.25. The second-order valence-corrected chi connectivity index (χ2v) is 6.65. The van der Waals surface area contributed by atoms with E-state index in [9.17, 15) is 0 Å². The molecule has 0 amide bonds. The van der Waals surface area contributed by atoms with Gasteiger partial charge in [-0.1, -0.05) is 0 Å². The third-order valence-electron chi connectivity index (χ3n) is 4.77. The highest BCUT2D eigenvalue weighted by Gasteiger charge is 2.15. The molecular weight excluding hydrogens is 354 g/mol. The monoisotopic (exact) mass is 377 g/mol. The predicted octanol–water partition coefficient (Wildman–Crippen LogP) is 2.44. The molecule has 0 unspecified atom stereocenters. The number of aromatic nitrogens is 4. The topological polar surface area (TPSA) is 79.3 Å². The number of methoxy groups -OCH3 is 1. The van der Waals surface area contributed by atoms with Crippen LogP contribution in [0.25, 0.3) is 11.4 Å². The predicted molar refractivity (Wildman–Crippen MR) is 109 cm³/mol. The molecule has 28 heavy (non-hydrogen) atoms. The lowest BCUT2D eigenvalue weighted by molar-refractivity contribution is 0.313. The molecule has 0 radical (unpaired) electrons. The van der Waals surface area contributed by atoms with Crippen molar-refractivity contribution in [1.29, 1.82) is 0 Å². The van der Waals surface area contributed by atoms with E-state index in [1.54, 1.807) is 25.7 Å². The Morgan fingerprint density at radius 3 is 2.46 bits per heavy atom. The van der Waals surface area contributed by atoms with Crippen molar-refractivity contribution in [1.82, 2.24) is 24.8 Å². The molecule has 3 aromatic rings. The van der Waals surface area contributed by atoms with Gasteiger partial charge in [0.05, 0.1) is 30.9 Å². The van der Waals surface area contributed by atoms with Gasteiger partial charge in [-0.3, -0.25) is 9.97 Å². The molecule has 4 heterocycles. The van der Waals surface area contributed by atoms with Crippen LogP contribution in [0.3, 0.4) is 0 Å². The Labute approximate surface area is 164 Å². The van der Waals surface area contributed by atoms with Gasteiger partial charge in [0.25, 0.3) is 0 Å². The minimum absolute atomic E-state index is 0.588. The van der Waals surface area contributed by atoms with Crippen LogP contribution in [0.2, 0.25) is 0 Å². The van der Waals surface area contributed by atoms with Gasteiger partial charge in [-0.2, -0.15) is 0 Å². The van der Waals surface area contributed by atoms with E-state index in [-0.39, 0.29) is 0 Å². The molecule has 0 spiro atoms. The zero-order chi connectivity index (χ0) is 19.3. The summed E-state index contributed by atoms with van der Waals surface area (Å²) in [5.41, 5.74) is 2.55. The average Bonchev–Trinajstić information content (AvgIpc) is 2.75. The summed E-state index contributed by atoms with van der Waals surface area (Å²) in [6, 6.07) is 7.76. The number of piperazine rings is 1. The van der Waals surface area contributed by atoms with Crippen molar-refractivity contribution in [3.8, 4) is 17.1 Å². The first-order valence-corrected chi connectivity index (χ1v) is 9.21. The molecule has 1 aliphatic rings. The average molecular weight is 377 g/mol. The molecular formula is C20H23N7O. The van der Waals surface area contributed by atoms with Gasteiger partial charge in [0, 0.05) is 38.6 Å². The van der Waals surface area contributed by atoms with Crippen molar-refractivity contribution in [2.45, 2.75) is 0 Å². The van der Waals surface area contributed by atoms with E-state index >= 15 is 0 Å². The number of hydrogen-bond donors (Lipinski definition) is 1. The quantitative estimate of drug-likeness (QED) is 0.726. The SMILES string of the molecule is COc1ccc(-c2cnccn2)nc1Nc1ccc(N2CCN(C)CC2)cn1. The molecule has 1 aliphatic heterocycles. The summed E-state index contributed by atoms with van der Waals surface area (Å²) in [6.07, 6.45) is 6.86. The highest BCUT2D eigenvalue weighted by atomic mass is 16.5. The molecule has 1 saturated heterocycles. The van der Waals surface area contributed by atoms with Crippen molar-refractivity contribution in [3.05, 3.63) is 49.1 Å². The summed E-state index contributed by atoms with van der Waals surface area (Å²) in [7, 11) is 3.77. The molecule has 0 bridgehead atoms. The molecule has 144 valence electrons. The minimum Gasteiger partial charge on any atom is -0.493 e. The highest BCUT2D eigenvalue weighted by molar-refractivity contribution is 5.66. The zero-order valence-corrected chi connectivity index (χ0v) is 16.0. The summed E-state index contributed by atoms with van der Waals surface area (Å²) in [4.78, 5) is 22.3. The Bertz CT molecular complexity index is 910. The Balaban J connectivity index is 1.53. The van der Waals surface area contributed by atoms with Gasteiger partial charge < -0.3 is 19.9 Å². The molecule has 0 atom stereocenters. The lowest BCUT2D eigenvalue weighted by Crippen LogP contribution is -2.44. The van der Waals surface area contributed by atoms with Crippen LogP contribution in [-0.2, 0) is 0 Å². The number of nitrogens with zero attached hydrogens (tertiary/aromatic N) is 6. The van der Waals surface area contributed by atoms with E-state index in [0.29, 0.717) is 28.8 Å². The van der Waals surface area contributed by atoms with E-state index in [0.717, 1.165) is 31.9 Å². The lowest BCUT2D eigenvalue weighted by atomic mass is 10.2. The van der Waals surface area contributed by atoms with E-state index in [1.165, 1.54) is 0 Å². The fraction of sp³-hybridized carbons (Fsp3) is 0.300. The van der Waals surface area contributed by atoms with Crippen LogP contribution >= 0.6 is 0 Å². The van der Waals surface area contributed by atoms with Crippen LogP contribution in [0.1, 0.15) is 0 Å². The summed E-state index contributed by atoms with van der Waals surface area (Å²) in [5.74, 6) is 1.93. The minimum atomic E-state index is 0.588. The van der Waals surface area contributed by atoms with Crippen LogP contribution in [-0.4, -0.2) is 65.2 Å². The Kier molecular flexibility index (Phi) is 5.29. The van der Waals surface area contributed by atoms with Crippen LogP contribution in [0.15, 0.2) is 49.1 Å². The van der Waals surface area contributed by atoms with Crippen molar-refractivity contribution in [3.63, 3.8) is 0 Å². The van der Waals surface area contributed by atoms with Crippen LogP contribution in [0.4, 0.5) is 17.3 Å². The molecule has 1 N–H and O–H groups in total. The third-order valence-corrected chi connectivity index (χ3v) is 4.77. The first kappa shape index (κ1) is 18.1. The molecule has 1 fully saturated rings. The van der Waals surface area contributed by atoms with Crippen molar-refractivity contribution in [2.24, 2.45) is 0 Å². The first-order chi connectivity index (χ1) is 13.7. The summed E-state index contributed by atoms with van der Waals surface area (Å²) < 4.78 is 5.44. The van der Waals surface area contributed by atoms with E-state index in [2.05, 4.69) is 48.2 Å². The standard InChI is InChI=1S/C20H23N7O/c1-26-9-11-27(12-10-26)15-3-6-19(23-13-15)25-20-18(28-2)5-4-16(24-20)17-14-21-7-8-22-17/h3-8,13-14H,9-12H2,1-2H3,(H,23,24,25). The lowest BCUT2D eigenvalue weighted by Gasteiger charge is -2.33. The fourth-order valence-electron chi connectivity index (χ4n) is 3.11. The number of likely N-dealkylation sites (N-methyl/N-ethyl adjacent to an activating group) is 1. The highest BCUT2D eigenvalue weighted by Crippen LogP contribution is 2.28. The van der Waals surface area contributed by atoms with Crippen LogP contribution in [0, 0.1) is 0 Å². The number of ether oxygens (including phenoxy) is 1. The molecule has 8 heteroatoms. The van der Waals surface area contributed by atoms with Gasteiger partial charge in [-0.25, -0.2) is 9.97 Å². The smallest absolute Gasteiger partial charge is 0.175 e. The maximum atomic E-state index is 5.44. The number of rotatable bonds is 5. The van der Waals surface area contributed by atoms with E-state index in [1.807, 2.05) is 24.4 Å². The van der Waals surface area contributed by atoms with E-state index in [4.69, 9.17) is 4.74 Å². The number of anilines is 3. The van der Waals surface area contributed by atoms with Gasteiger partial charge in [0.2, 0.25) is 0 Å². The Morgan fingerprint density at radius 1 is 0.929 bits per heavy atom. The van der Waals surface area contributed by atoms with Crippen LogP contribution < -0.4 is 15.0 Å². The number of hydrogen-bond acceptors (Lipinski definition) is 8. The zero-order valence-electron chi connectivity index (χ0n) is 16.0. The van der Waals surface area contributed by atoms with Gasteiger partial charge in [-0.05, 0) is 31.3 Å². The number of nitrogens with one attached hydrogen (secondary N) is 1. The van der Waals surface area contributed by atoms with Gasteiger partial charge in [-0.15, -0.1) is 0 Å². The molecule has 0 aromatic carbocycles. The molecule has 0 saturated carbocycles. The second kappa shape index (κ2) is 8.18. The molecule has 4 rings (SSSR count). The van der Waals surface area contributed by atoms with Crippen molar-refractivity contribution in [2.75, 3.05) is 50.6 Å². The van der Waals surface area contributed by atoms with Crippen LogP contribution in [0.5, 0.6) is 5.75 Å². The molecule has 0 aliphatic carbocycles. The maximum absolute atomic E-state index is 5.44. The van der Waals surface area contributed by atoms with E-state index < -0.39 is 0 Å². The summed E-state index contributed by atoms with van der Waals surface area (Å²) >= 11 is 0. The normalized spacial score (nSPS) is 14.7. The van der Waals surface area contributed by atoms with Crippen molar-refractivity contribution >= 4 is 17.3 Å². The largest absolute Gasteiger partial charge is 0.493 e. The van der Waals surface area contributed by atoms with Gasteiger partial charge >= 0.3 is 0 Å². The maximum Gasteiger partial charge on any atom is 0.175 e. The van der Waals surface area contributed by atoms with Gasteiger partial charge in [0.1, 0.15) is 11.5 Å². The van der Waals surface area contributed by atoms with Crippen molar-refractivity contribution < 1.29 is 4.74 Å². The molecule has 8 nitrogen and oxygen atoms in total. The van der Waals surface area contributed by atoms with Gasteiger partial charge in [0.15, 0.2) is 11.6 Å². The fourth-order valence-corrected chi connectivity index (χ4v) is 3.11. The third kappa shape index (κ3) is 4.01. The first-order valence-electron chi connectivity index (χ1n) is 9.21. The Morgan fingerprint density at radius 2 is 1.79 bits per heavy atom. The number of pyridine rings is 2. The Hall–Kier alpha value is -3.26. The summed E-state index contributed by atoms with van der Waals surface area (Å²) in [6.45, 7) is 4.16. The second-order valence-electron chi connectivity index (χ2n) is 6.65. The molecule has 3 aromatic heterocycles.